The lowest BCUT2D eigenvalue weighted by molar-refractivity contribution is 0.450. The molecule has 12 heavy (non-hydrogen) atoms. The van der Waals surface area contributed by atoms with Crippen molar-refractivity contribution in [3.8, 4) is 0 Å². The summed E-state index contributed by atoms with van der Waals surface area (Å²) in [4.78, 5) is 0. The Hall–Kier alpha value is -0.430. The number of hydrogen-bond acceptors (Lipinski definition) is 0. The van der Waals surface area contributed by atoms with Crippen molar-refractivity contribution in [2.45, 2.75) is 32.2 Å². The molecule has 0 saturated heterocycles. The van der Waals surface area contributed by atoms with Gasteiger partial charge in [-0.2, -0.15) is 0 Å². The van der Waals surface area contributed by atoms with Crippen molar-refractivity contribution in [1.29, 1.82) is 0 Å². The molecule has 0 N–H and O–H groups in total. The number of alkyl halides is 1. The van der Waals surface area contributed by atoms with Crippen LogP contribution in [-0.2, 0) is 0 Å². The fourth-order valence-corrected chi connectivity index (χ4v) is 1.62. The molecule has 0 bridgehead atoms. The highest BCUT2D eigenvalue weighted by atomic mass is 35.5. The standard InChI is InChI=1S/C10H16ClN/c1-2-10(6-5-7-11)12-8-3-4-9-12/h3-4,8-10H,2,5-7H2,1H3. The molecule has 0 radical (unpaired) electrons. The van der Waals surface area contributed by atoms with Crippen LogP contribution in [0.2, 0.25) is 0 Å². The van der Waals surface area contributed by atoms with E-state index in [9.17, 15) is 0 Å². The third kappa shape index (κ3) is 2.56. The first kappa shape index (κ1) is 9.66. The van der Waals surface area contributed by atoms with E-state index in [4.69, 9.17) is 11.6 Å². The van der Waals surface area contributed by atoms with Gasteiger partial charge in [-0.15, -0.1) is 11.6 Å². The fourth-order valence-electron chi connectivity index (χ4n) is 1.47. The molecule has 1 rings (SSSR count). The second-order valence-electron chi connectivity index (χ2n) is 3.02. The van der Waals surface area contributed by atoms with Gasteiger partial charge in [0.1, 0.15) is 0 Å². The Balaban J connectivity index is 2.45. The molecule has 0 aliphatic rings. The highest BCUT2D eigenvalue weighted by Crippen LogP contribution is 2.17. The van der Waals surface area contributed by atoms with Gasteiger partial charge in [-0.3, -0.25) is 0 Å². The van der Waals surface area contributed by atoms with Crippen LogP contribution in [0.5, 0.6) is 0 Å². The van der Waals surface area contributed by atoms with Crippen molar-refractivity contribution >= 4 is 11.6 Å². The minimum absolute atomic E-state index is 0.638. The number of aromatic nitrogens is 1. The predicted molar refractivity (Wildman–Crippen MR) is 53.7 cm³/mol. The van der Waals surface area contributed by atoms with E-state index in [0.717, 1.165) is 12.3 Å². The normalized spacial score (nSPS) is 13.2. The largest absolute Gasteiger partial charge is 0.351 e. The maximum atomic E-state index is 5.65. The lowest BCUT2D eigenvalue weighted by atomic mass is 10.1. The lowest BCUT2D eigenvalue weighted by Crippen LogP contribution is -2.05. The van der Waals surface area contributed by atoms with Gasteiger partial charge in [-0.1, -0.05) is 6.92 Å². The molecule has 1 atom stereocenters. The summed E-state index contributed by atoms with van der Waals surface area (Å²) in [5.41, 5.74) is 0. The van der Waals surface area contributed by atoms with Gasteiger partial charge in [0, 0.05) is 24.3 Å². The Morgan fingerprint density at radius 3 is 2.50 bits per heavy atom. The van der Waals surface area contributed by atoms with Crippen molar-refractivity contribution in [2.24, 2.45) is 0 Å². The molecule has 1 aromatic rings. The first-order valence-electron chi connectivity index (χ1n) is 4.57. The summed E-state index contributed by atoms with van der Waals surface area (Å²) in [6.07, 6.45) is 7.74. The van der Waals surface area contributed by atoms with Crippen LogP contribution in [0.25, 0.3) is 0 Å². The summed E-state index contributed by atoms with van der Waals surface area (Å²) in [6, 6.07) is 4.78. The fraction of sp³-hybridized carbons (Fsp3) is 0.600. The Morgan fingerprint density at radius 2 is 2.00 bits per heavy atom. The minimum atomic E-state index is 0.638. The minimum Gasteiger partial charge on any atom is -0.351 e. The molecule has 1 heterocycles. The van der Waals surface area contributed by atoms with Crippen LogP contribution >= 0.6 is 11.6 Å². The first-order chi connectivity index (χ1) is 5.88. The molecule has 0 aliphatic heterocycles. The van der Waals surface area contributed by atoms with Gasteiger partial charge < -0.3 is 4.57 Å². The molecule has 1 nitrogen and oxygen atoms in total. The van der Waals surface area contributed by atoms with Crippen LogP contribution in [0, 0.1) is 0 Å². The van der Waals surface area contributed by atoms with Gasteiger partial charge in [0.2, 0.25) is 0 Å². The highest BCUT2D eigenvalue weighted by Gasteiger charge is 2.05. The van der Waals surface area contributed by atoms with Gasteiger partial charge >= 0.3 is 0 Å². The molecule has 2 heteroatoms. The molecule has 0 aliphatic carbocycles. The van der Waals surface area contributed by atoms with Gasteiger partial charge in [-0.25, -0.2) is 0 Å². The molecule has 0 aromatic carbocycles. The Bertz CT molecular complexity index is 194. The summed E-state index contributed by atoms with van der Waals surface area (Å²) in [7, 11) is 0. The third-order valence-corrected chi connectivity index (χ3v) is 2.46. The summed E-state index contributed by atoms with van der Waals surface area (Å²) in [6.45, 7) is 2.22. The summed E-state index contributed by atoms with van der Waals surface area (Å²) in [5, 5.41) is 0. The first-order valence-corrected chi connectivity index (χ1v) is 5.10. The van der Waals surface area contributed by atoms with E-state index >= 15 is 0 Å². The molecule has 0 fully saturated rings. The average molecular weight is 186 g/mol. The predicted octanol–water partition coefficient (Wildman–Crippen LogP) is 3.46. The van der Waals surface area contributed by atoms with E-state index in [2.05, 4.69) is 36.0 Å². The molecule has 1 unspecified atom stereocenters. The maximum absolute atomic E-state index is 5.65. The van der Waals surface area contributed by atoms with E-state index < -0.39 is 0 Å². The molecular weight excluding hydrogens is 170 g/mol. The van der Waals surface area contributed by atoms with Crippen LogP contribution in [0.1, 0.15) is 32.2 Å². The Kier molecular flexibility index (Phi) is 4.23. The summed E-state index contributed by atoms with van der Waals surface area (Å²) >= 11 is 5.65. The monoisotopic (exact) mass is 185 g/mol. The van der Waals surface area contributed by atoms with Crippen molar-refractivity contribution < 1.29 is 0 Å². The molecule has 0 spiro atoms. The van der Waals surface area contributed by atoms with Crippen molar-refractivity contribution in [3.63, 3.8) is 0 Å². The van der Waals surface area contributed by atoms with Crippen molar-refractivity contribution in [2.75, 3.05) is 5.88 Å². The third-order valence-electron chi connectivity index (χ3n) is 2.19. The van der Waals surface area contributed by atoms with Crippen molar-refractivity contribution in [1.82, 2.24) is 4.57 Å². The van der Waals surface area contributed by atoms with Gasteiger partial charge in [-0.05, 0) is 31.4 Å². The molecule has 68 valence electrons. The summed E-state index contributed by atoms with van der Waals surface area (Å²) in [5.74, 6) is 0.776. The zero-order valence-corrected chi connectivity index (χ0v) is 8.30. The highest BCUT2D eigenvalue weighted by molar-refractivity contribution is 6.17. The number of nitrogens with zero attached hydrogens (tertiary/aromatic N) is 1. The van der Waals surface area contributed by atoms with Gasteiger partial charge in [0.05, 0.1) is 0 Å². The zero-order chi connectivity index (χ0) is 8.81. The van der Waals surface area contributed by atoms with Crippen molar-refractivity contribution in [3.05, 3.63) is 24.5 Å². The van der Waals surface area contributed by atoms with Crippen LogP contribution < -0.4 is 0 Å². The SMILES string of the molecule is CCC(CCCCl)n1cccc1. The van der Waals surface area contributed by atoms with Crippen LogP contribution in [0.4, 0.5) is 0 Å². The number of hydrogen-bond donors (Lipinski definition) is 0. The number of halogens is 1. The molecular formula is C10H16ClN. The van der Waals surface area contributed by atoms with Crippen LogP contribution in [0.3, 0.4) is 0 Å². The smallest absolute Gasteiger partial charge is 0.0328 e. The van der Waals surface area contributed by atoms with E-state index in [0.29, 0.717) is 6.04 Å². The van der Waals surface area contributed by atoms with E-state index in [1.165, 1.54) is 12.8 Å². The lowest BCUT2D eigenvalue weighted by Gasteiger charge is -2.15. The van der Waals surface area contributed by atoms with Gasteiger partial charge in [0.25, 0.3) is 0 Å². The topological polar surface area (TPSA) is 4.93 Å². The van der Waals surface area contributed by atoms with Crippen LogP contribution in [0.15, 0.2) is 24.5 Å². The van der Waals surface area contributed by atoms with E-state index in [1.807, 2.05) is 0 Å². The number of rotatable bonds is 5. The van der Waals surface area contributed by atoms with Gasteiger partial charge in [0.15, 0.2) is 0 Å². The average Bonchev–Trinajstić information content (AvgIpc) is 2.59. The van der Waals surface area contributed by atoms with E-state index in [1.54, 1.807) is 0 Å². The second kappa shape index (κ2) is 5.26. The molecule has 0 saturated carbocycles. The van der Waals surface area contributed by atoms with Crippen LogP contribution in [-0.4, -0.2) is 10.4 Å². The Labute approximate surface area is 79.3 Å². The molecule has 1 aromatic heterocycles. The summed E-state index contributed by atoms with van der Waals surface area (Å²) < 4.78 is 2.27. The van der Waals surface area contributed by atoms with E-state index in [-0.39, 0.29) is 0 Å². The molecule has 0 amide bonds. The Morgan fingerprint density at radius 1 is 1.33 bits per heavy atom. The maximum Gasteiger partial charge on any atom is 0.0328 e. The quantitative estimate of drug-likeness (QED) is 0.620. The zero-order valence-electron chi connectivity index (χ0n) is 7.54. The second-order valence-corrected chi connectivity index (χ2v) is 3.40.